The Morgan fingerprint density at radius 2 is 1.55 bits per heavy atom. The summed E-state index contributed by atoms with van der Waals surface area (Å²) in [5.74, 6) is 1.13. The van der Waals surface area contributed by atoms with Crippen molar-refractivity contribution in [3.8, 4) is 22.5 Å². The van der Waals surface area contributed by atoms with Gasteiger partial charge in [-0.1, -0.05) is 58.4 Å². The fraction of sp³-hybridized carbons (Fsp3) is 0. The van der Waals surface area contributed by atoms with Gasteiger partial charge in [0.15, 0.2) is 5.82 Å². The topological polar surface area (TPSA) is 51.8 Å². The quantitative estimate of drug-likeness (QED) is 0.769. The molecule has 4 heteroatoms. The van der Waals surface area contributed by atoms with Crippen molar-refractivity contribution in [2.45, 2.75) is 0 Å². The lowest BCUT2D eigenvalue weighted by Gasteiger charge is -2.07. The van der Waals surface area contributed by atoms with Crippen LogP contribution in [0, 0.1) is 0 Å². The molecule has 2 N–H and O–H groups in total. The van der Waals surface area contributed by atoms with Crippen LogP contribution in [0.3, 0.4) is 0 Å². The minimum atomic E-state index is 0.487. The van der Waals surface area contributed by atoms with Gasteiger partial charge < -0.3 is 5.73 Å². The first-order valence-corrected chi connectivity index (χ1v) is 6.97. The third-order valence-corrected chi connectivity index (χ3v) is 3.53. The summed E-state index contributed by atoms with van der Waals surface area (Å²) in [7, 11) is 0. The van der Waals surface area contributed by atoms with Gasteiger partial charge in [0, 0.05) is 21.8 Å². The number of aromatic nitrogens is 2. The van der Waals surface area contributed by atoms with Gasteiger partial charge in [-0.3, -0.25) is 0 Å². The lowest BCUT2D eigenvalue weighted by Crippen LogP contribution is -1.98. The normalized spacial score (nSPS) is 10.4. The van der Waals surface area contributed by atoms with Crippen molar-refractivity contribution < 1.29 is 0 Å². The van der Waals surface area contributed by atoms with Crippen LogP contribution in [0.4, 0.5) is 5.82 Å². The van der Waals surface area contributed by atoms with Gasteiger partial charge in [-0.25, -0.2) is 9.97 Å². The smallest absolute Gasteiger partial charge is 0.161 e. The lowest BCUT2D eigenvalue weighted by atomic mass is 10.1. The molecule has 1 heterocycles. The van der Waals surface area contributed by atoms with Crippen LogP contribution in [0.15, 0.2) is 65.3 Å². The summed E-state index contributed by atoms with van der Waals surface area (Å²) in [4.78, 5) is 8.80. The zero-order valence-corrected chi connectivity index (χ0v) is 12.2. The minimum Gasteiger partial charge on any atom is -0.383 e. The molecule has 0 saturated heterocycles. The summed E-state index contributed by atoms with van der Waals surface area (Å²) < 4.78 is 1.03. The number of anilines is 1. The number of rotatable bonds is 2. The molecule has 0 radical (unpaired) electrons. The van der Waals surface area contributed by atoms with Crippen LogP contribution >= 0.6 is 15.9 Å². The number of benzene rings is 2. The van der Waals surface area contributed by atoms with Gasteiger partial charge in [0.25, 0.3) is 0 Å². The average Bonchev–Trinajstić information content (AvgIpc) is 2.49. The Hall–Kier alpha value is -2.20. The molecule has 3 nitrogen and oxygen atoms in total. The summed E-state index contributed by atoms with van der Waals surface area (Å²) in [5, 5.41) is 0. The average molecular weight is 326 g/mol. The van der Waals surface area contributed by atoms with Crippen molar-refractivity contribution in [2.75, 3.05) is 5.73 Å². The van der Waals surface area contributed by atoms with Gasteiger partial charge in [-0.05, 0) is 17.7 Å². The number of hydrogen-bond donors (Lipinski definition) is 1. The molecule has 0 aliphatic carbocycles. The van der Waals surface area contributed by atoms with Crippen LogP contribution in [0.25, 0.3) is 22.5 Å². The fourth-order valence-electron chi connectivity index (χ4n) is 1.97. The first kappa shape index (κ1) is 12.8. The van der Waals surface area contributed by atoms with E-state index in [0.29, 0.717) is 11.6 Å². The first-order chi connectivity index (χ1) is 9.74. The highest BCUT2D eigenvalue weighted by Crippen LogP contribution is 2.27. The van der Waals surface area contributed by atoms with Gasteiger partial charge in [0.2, 0.25) is 0 Å². The van der Waals surface area contributed by atoms with E-state index in [4.69, 9.17) is 5.73 Å². The summed E-state index contributed by atoms with van der Waals surface area (Å²) in [5.41, 5.74) is 8.88. The molecule has 1 aromatic heterocycles. The van der Waals surface area contributed by atoms with E-state index in [1.807, 2.05) is 54.6 Å². The van der Waals surface area contributed by atoms with E-state index < -0.39 is 0 Å². The maximum Gasteiger partial charge on any atom is 0.161 e. The van der Waals surface area contributed by atoms with E-state index in [1.165, 1.54) is 0 Å². The van der Waals surface area contributed by atoms with E-state index >= 15 is 0 Å². The molecular formula is C16H12BrN3. The van der Waals surface area contributed by atoms with Crippen molar-refractivity contribution in [1.82, 2.24) is 9.97 Å². The molecule has 3 aromatic rings. The molecule has 3 rings (SSSR count). The third-order valence-electron chi connectivity index (χ3n) is 3.01. The maximum atomic E-state index is 6.07. The number of nitrogen functional groups attached to an aromatic ring is 1. The van der Waals surface area contributed by atoms with Crippen LogP contribution in [0.1, 0.15) is 0 Å². The molecule has 2 aromatic carbocycles. The molecule has 20 heavy (non-hydrogen) atoms. The molecule has 0 amide bonds. The number of nitrogens with two attached hydrogens (primary N) is 1. The Balaban J connectivity index is 2.02. The zero-order valence-electron chi connectivity index (χ0n) is 10.6. The van der Waals surface area contributed by atoms with Crippen molar-refractivity contribution in [1.29, 1.82) is 0 Å². The summed E-state index contributed by atoms with van der Waals surface area (Å²) in [6.07, 6.45) is 1.77. The van der Waals surface area contributed by atoms with E-state index in [9.17, 15) is 0 Å². The molecule has 98 valence electrons. The molecule has 0 fully saturated rings. The summed E-state index contributed by atoms with van der Waals surface area (Å²) >= 11 is 3.42. The zero-order chi connectivity index (χ0) is 13.9. The second-order valence-corrected chi connectivity index (χ2v) is 5.28. The summed E-state index contributed by atoms with van der Waals surface area (Å²) in [6, 6.07) is 17.7. The molecule has 0 aliphatic heterocycles. The van der Waals surface area contributed by atoms with Gasteiger partial charge >= 0.3 is 0 Å². The van der Waals surface area contributed by atoms with Crippen molar-refractivity contribution in [3.63, 3.8) is 0 Å². The highest BCUT2D eigenvalue weighted by atomic mass is 79.9. The predicted octanol–water partition coefficient (Wildman–Crippen LogP) is 4.16. The Morgan fingerprint density at radius 3 is 2.20 bits per heavy atom. The van der Waals surface area contributed by atoms with E-state index in [1.54, 1.807) is 6.20 Å². The predicted molar refractivity (Wildman–Crippen MR) is 85.0 cm³/mol. The Morgan fingerprint density at radius 1 is 0.850 bits per heavy atom. The SMILES string of the molecule is Nc1nc(-c2ccccc2)ncc1-c1ccc(Br)cc1. The Labute approximate surface area is 125 Å². The van der Waals surface area contributed by atoms with Crippen LogP contribution in [-0.2, 0) is 0 Å². The Bertz CT molecular complexity index is 724. The number of halogens is 1. The molecule has 0 saturated carbocycles. The van der Waals surface area contributed by atoms with Crippen molar-refractivity contribution in [3.05, 3.63) is 65.3 Å². The maximum absolute atomic E-state index is 6.07. The van der Waals surface area contributed by atoms with Crippen LogP contribution in [0.5, 0.6) is 0 Å². The second kappa shape index (κ2) is 5.43. The van der Waals surface area contributed by atoms with Gasteiger partial charge in [0.05, 0.1) is 0 Å². The highest BCUT2D eigenvalue weighted by molar-refractivity contribution is 9.10. The molecule has 0 atom stereocenters. The Kier molecular flexibility index (Phi) is 3.48. The van der Waals surface area contributed by atoms with Crippen LogP contribution in [-0.4, -0.2) is 9.97 Å². The van der Waals surface area contributed by atoms with Crippen LogP contribution < -0.4 is 5.73 Å². The van der Waals surface area contributed by atoms with E-state index in [0.717, 1.165) is 21.2 Å². The number of nitrogens with zero attached hydrogens (tertiary/aromatic N) is 2. The molecule has 0 spiro atoms. The standard InChI is InChI=1S/C16H12BrN3/c17-13-8-6-11(7-9-13)14-10-19-16(20-15(14)18)12-4-2-1-3-5-12/h1-10H,(H2,18,19,20). The molecule has 0 unspecified atom stereocenters. The van der Waals surface area contributed by atoms with Crippen molar-refractivity contribution >= 4 is 21.7 Å². The minimum absolute atomic E-state index is 0.487. The monoisotopic (exact) mass is 325 g/mol. The molecule has 0 bridgehead atoms. The highest BCUT2D eigenvalue weighted by Gasteiger charge is 2.07. The van der Waals surface area contributed by atoms with Gasteiger partial charge in [-0.15, -0.1) is 0 Å². The fourth-order valence-corrected chi connectivity index (χ4v) is 2.24. The number of hydrogen-bond acceptors (Lipinski definition) is 3. The lowest BCUT2D eigenvalue weighted by molar-refractivity contribution is 1.19. The summed E-state index contributed by atoms with van der Waals surface area (Å²) in [6.45, 7) is 0. The van der Waals surface area contributed by atoms with Crippen molar-refractivity contribution in [2.24, 2.45) is 0 Å². The molecular weight excluding hydrogens is 314 g/mol. The third kappa shape index (κ3) is 2.56. The first-order valence-electron chi connectivity index (χ1n) is 6.18. The largest absolute Gasteiger partial charge is 0.383 e. The van der Waals surface area contributed by atoms with Gasteiger partial charge in [-0.2, -0.15) is 0 Å². The van der Waals surface area contributed by atoms with E-state index in [-0.39, 0.29) is 0 Å². The van der Waals surface area contributed by atoms with E-state index in [2.05, 4.69) is 25.9 Å². The molecule has 0 aliphatic rings. The van der Waals surface area contributed by atoms with Gasteiger partial charge in [0.1, 0.15) is 5.82 Å². The second-order valence-electron chi connectivity index (χ2n) is 4.37. The van der Waals surface area contributed by atoms with Crippen LogP contribution in [0.2, 0.25) is 0 Å².